The molecule has 1 amide bonds. The van der Waals surface area contributed by atoms with Crippen molar-refractivity contribution in [1.29, 1.82) is 0 Å². The molecule has 0 saturated carbocycles. The van der Waals surface area contributed by atoms with Gasteiger partial charge in [-0.25, -0.2) is 4.98 Å². The summed E-state index contributed by atoms with van der Waals surface area (Å²) in [5, 5.41) is 0. The Kier molecular flexibility index (Phi) is 4.81. The van der Waals surface area contributed by atoms with E-state index in [-0.39, 0.29) is 5.91 Å². The van der Waals surface area contributed by atoms with Crippen molar-refractivity contribution in [3.8, 4) is 5.75 Å². The molecule has 1 saturated heterocycles. The molecular weight excluding hydrogens is 358 g/mol. The van der Waals surface area contributed by atoms with Crippen LogP contribution in [-0.2, 0) is 0 Å². The summed E-state index contributed by atoms with van der Waals surface area (Å²) in [5.41, 5.74) is 0.635. The topological polar surface area (TPSA) is 45.7 Å². The first-order valence-electron chi connectivity index (χ1n) is 7.48. The van der Waals surface area contributed by atoms with Crippen molar-refractivity contribution in [3.63, 3.8) is 0 Å². The number of halogens is 1. The molecule has 1 aromatic heterocycles. The summed E-state index contributed by atoms with van der Waals surface area (Å²) < 4.78 is 6.00. The van der Waals surface area contributed by atoms with E-state index < -0.39 is 0 Å². The number of rotatable bonds is 3. The lowest BCUT2D eigenvalue weighted by Crippen LogP contribution is -2.49. The smallest absolute Gasteiger partial charge is 0.255 e. The molecule has 120 valence electrons. The highest BCUT2D eigenvalue weighted by molar-refractivity contribution is 9.10. The summed E-state index contributed by atoms with van der Waals surface area (Å²) in [6.45, 7) is 2.92. The molecule has 1 aliphatic rings. The molecule has 23 heavy (non-hydrogen) atoms. The quantitative estimate of drug-likeness (QED) is 0.827. The zero-order valence-corrected chi connectivity index (χ0v) is 14.5. The number of ether oxygens (including phenoxy) is 1. The highest BCUT2D eigenvalue weighted by Crippen LogP contribution is 2.24. The highest BCUT2D eigenvalue weighted by atomic mass is 79.9. The van der Waals surface area contributed by atoms with Crippen molar-refractivity contribution in [2.45, 2.75) is 0 Å². The minimum Gasteiger partial charge on any atom is -0.497 e. The molecule has 0 aliphatic carbocycles. The highest BCUT2D eigenvalue weighted by Gasteiger charge is 2.24. The van der Waals surface area contributed by atoms with Gasteiger partial charge in [0.1, 0.15) is 11.6 Å². The van der Waals surface area contributed by atoms with Gasteiger partial charge in [-0.2, -0.15) is 0 Å². The molecule has 0 N–H and O–H groups in total. The van der Waals surface area contributed by atoms with Crippen LogP contribution in [0, 0.1) is 0 Å². The zero-order chi connectivity index (χ0) is 16.2. The summed E-state index contributed by atoms with van der Waals surface area (Å²) in [6, 6.07) is 11.3. The second kappa shape index (κ2) is 7.00. The van der Waals surface area contributed by atoms with Crippen molar-refractivity contribution in [3.05, 3.63) is 52.6 Å². The van der Waals surface area contributed by atoms with Crippen LogP contribution in [0.3, 0.4) is 0 Å². The van der Waals surface area contributed by atoms with Crippen LogP contribution in [0.5, 0.6) is 5.75 Å². The fraction of sp³-hybridized carbons (Fsp3) is 0.294. The van der Waals surface area contributed by atoms with E-state index in [0.717, 1.165) is 23.4 Å². The van der Waals surface area contributed by atoms with Crippen molar-refractivity contribution < 1.29 is 9.53 Å². The maximum atomic E-state index is 12.7. The number of methoxy groups -OCH3 is 1. The first kappa shape index (κ1) is 15.8. The minimum atomic E-state index is 0.0245. The van der Waals surface area contributed by atoms with Gasteiger partial charge in [-0.3, -0.25) is 4.79 Å². The van der Waals surface area contributed by atoms with Crippen molar-refractivity contribution in [2.24, 2.45) is 0 Å². The molecule has 1 aliphatic heterocycles. The number of carbonyl (C=O) groups excluding carboxylic acids is 1. The number of anilines is 1. The van der Waals surface area contributed by atoms with Crippen LogP contribution in [0.4, 0.5) is 5.82 Å². The normalized spacial score (nSPS) is 14.7. The minimum absolute atomic E-state index is 0.0245. The maximum absolute atomic E-state index is 12.7. The van der Waals surface area contributed by atoms with E-state index in [4.69, 9.17) is 4.74 Å². The van der Waals surface area contributed by atoms with Crippen LogP contribution in [0.2, 0.25) is 0 Å². The van der Waals surface area contributed by atoms with E-state index in [0.29, 0.717) is 24.4 Å². The van der Waals surface area contributed by atoms with Crippen LogP contribution in [0.1, 0.15) is 10.4 Å². The number of amides is 1. The van der Waals surface area contributed by atoms with Crippen molar-refractivity contribution in [1.82, 2.24) is 9.88 Å². The molecule has 0 atom stereocenters. The van der Waals surface area contributed by atoms with Gasteiger partial charge in [0.2, 0.25) is 0 Å². The van der Waals surface area contributed by atoms with Crippen LogP contribution in [-0.4, -0.2) is 49.1 Å². The molecule has 6 heteroatoms. The summed E-state index contributed by atoms with van der Waals surface area (Å²) in [4.78, 5) is 21.2. The second-order valence-electron chi connectivity index (χ2n) is 5.31. The lowest BCUT2D eigenvalue weighted by atomic mass is 10.1. The molecule has 0 unspecified atom stereocenters. The first-order valence-corrected chi connectivity index (χ1v) is 8.27. The van der Waals surface area contributed by atoms with Gasteiger partial charge in [-0.1, -0.05) is 6.07 Å². The number of nitrogens with zero attached hydrogens (tertiary/aromatic N) is 3. The third kappa shape index (κ3) is 3.47. The molecule has 1 fully saturated rings. The van der Waals surface area contributed by atoms with Gasteiger partial charge in [0.05, 0.1) is 12.7 Å². The number of carbonyl (C=O) groups is 1. The number of aromatic nitrogens is 1. The molecular formula is C17H18BrN3O2. The lowest BCUT2D eigenvalue weighted by molar-refractivity contribution is 0.0745. The molecule has 2 aromatic rings. The fourth-order valence-electron chi connectivity index (χ4n) is 2.65. The Balaban J connectivity index is 1.69. The van der Waals surface area contributed by atoms with Crippen molar-refractivity contribution >= 4 is 27.7 Å². The van der Waals surface area contributed by atoms with Gasteiger partial charge in [0, 0.05) is 36.8 Å². The number of hydrogen-bond donors (Lipinski definition) is 0. The van der Waals surface area contributed by atoms with Crippen LogP contribution < -0.4 is 9.64 Å². The summed E-state index contributed by atoms with van der Waals surface area (Å²) in [7, 11) is 1.60. The largest absolute Gasteiger partial charge is 0.497 e. The van der Waals surface area contributed by atoms with Gasteiger partial charge in [-0.15, -0.1) is 0 Å². The second-order valence-corrected chi connectivity index (χ2v) is 6.17. The van der Waals surface area contributed by atoms with E-state index in [1.54, 1.807) is 19.4 Å². The van der Waals surface area contributed by atoms with Gasteiger partial charge in [-0.05, 0) is 46.3 Å². The predicted molar refractivity (Wildman–Crippen MR) is 93.0 cm³/mol. The molecule has 2 heterocycles. The molecule has 1 aromatic carbocycles. The van der Waals surface area contributed by atoms with E-state index in [1.807, 2.05) is 35.2 Å². The van der Waals surface area contributed by atoms with Gasteiger partial charge >= 0.3 is 0 Å². The number of benzene rings is 1. The Hall–Kier alpha value is -2.08. The number of pyridine rings is 1. The monoisotopic (exact) mass is 375 g/mol. The van der Waals surface area contributed by atoms with Crippen molar-refractivity contribution in [2.75, 3.05) is 38.2 Å². The number of hydrogen-bond acceptors (Lipinski definition) is 4. The molecule has 0 bridgehead atoms. The Morgan fingerprint density at radius 3 is 2.61 bits per heavy atom. The molecule has 3 rings (SSSR count). The number of piperazine rings is 1. The van der Waals surface area contributed by atoms with E-state index in [9.17, 15) is 4.79 Å². The maximum Gasteiger partial charge on any atom is 0.255 e. The van der Waals surface area contributed by atoms with E-state index in [2.05, 4.69) is 25.8 Å². The first-order chi connectivity index (χ1) is 11.2. The van der Waals surface area contributed by atoms with Gasteiger partial charge in [0.25, 0.3) is 5.91 Å². The Morgan fingerprint density at radius 2 is 1.96 bits per heavy atom. The van der Waals surface area contributed by atoms with Gasteiger partial charge < -0.3 is 14.5 Å². The molecule has 5 nitrogen and oxygen atoms in total. The molecule has 0 spiro atoms. The van der Waals surface area contributed by atoms with Crippen LogP contribution in [0.15, 0.2) is 47.1 Å². The fourth-order valence-corrected chi connectivity index (χ4v) is 3.06. The Morgan fingerprint density at radius 1 is 1.17 bits per heavy atom. The molecule has 0 radical (unpaired) electrons. The zero-order valence-electron chi connectivity index (χ0n) is 12.9. The lowest BCUT2D eigenvalue weighted by Gasteiger charge is -2.35. The van der Waals surface area contributed by atoms with Gasteiger partial charge in [0.15, 0.2) is 0 Å². The average Bonchev–Trinajstić information content (AvgIpc) is 2.62. The van der Waals surface area contributed by atoms with Crippen LogP contribution in [0.25, 0.3) is 0 Å². The Bertz CT molecular complexity index is 685. The third-order valence-electron chi connectivity index (χ3n) is 3.94. The van der Waals surface area contributed by atoms with E-state index >= 15 is 0 Å². The summed E-state index contributed by atoms with van der Waals surface area (Å²) in [6.07, 6.45) is 1.79. The predicted octanol–water partition coefficient (Wildman–Crippen LogP) is 2.82. The summed E-state index contributed by atoms with van der Waals surface area (Å²) in [5.74, 6) is 1.67. The standard InChI is InChI=1S/C17H18BrN3O2/c1-23-13-5-6-15(18)14(12-13)17(22)21-10-8-20(9-11-21)16-4-2-3-7-19-16/h2-7,12H,8-11H2,1H3. The Labute approximate surface area is 144 Å². The van der Waals surface area contributed by atoms with Crippen LogP contribution >= 0.6 is 15.9 Å². The average molecular weight is 376 g/mol. The summed E-state index contributed by atoms with van der Waals surface area (Å²) >= 11 is 3.45. The SMILES string of the molecule is COc1ccc(Br)c(C(=O)N2CCN(c3ccccn3)CC2)c1. The van der Waals surface area contributed by atoms with E-state index in [1.165, 1.54) is 0 Å². The third-order valence-corrected chi connectivity index (χ3v) is 4.64.